The van der Waals surface area contributed by atoms with E-state index in [0.29, 0.717) is 0 Å². The van der Waals surface area contributed by atoms with Crippen LogP contribution in [-0.2, 0) is 0 Å². The van der Waals surface area contributed by atoms with Gasteiger partial charge in [-0.2, -0.15) is 0 Å². The number of benzene rings is 2. The van der Waals surface area contributed by atoms with Gasteiger partial charge in [0, 0.05) is 26.9 Å². The first-order valence-electron chi connectivity index (χ1n) is 5.64. The molecule has 2 aromatic carbocycles. The van der Waals surface area contributed by atoms with Gasteiger partial charge in [0.1, 0.15) is 0 Å². The van der Waals surface area contributed by atoms with Crippen molar-refractivity contribution in [2.45, 2.75) is 16.7 Å². The molecule has 1 nitrogen and oxygen atoms in total. The van der Waals surface area contributed by atoms with Gasteiger partial charge in [-0.15, -0.1) is 0 Å². The zero-order valence-corrected chi connectivity index (χ0v) is 10.4. The van der Waals surface area contributed by atoms with Gasteiger partial charge in [0.15, 0.2) is 0 Å². The molecule has 0 unspecified atom stereocenters. The van der Waals surface area contributed by atoms with Gasteiger partial charge < -0.3 is 4.98 Å². The van der Waals surface area contributed by atoms with E-state index in [1.54, 1.807) is 11.8 Å². The summed E-state index contributed by atoms with van der Waals surface area (Å²) in [5, 5.41) is 1.30. The van der Waals surface area contributed by atoms with Crippen LogP contribution in [0.3, 0.4) is 0 Å². The minimum Gasteiger partial charge on any atom is -0.360 e. The molecule has 1 N–H and O–H groups in total. The summed E-state index contributed by atoms with van der Waals surface area (Å²) in [6.45, 7) is 2.13. The lowest BCUT2D eigenvalue weighted by Crippen LogP contribution is -1.74. The largest absolute Gasteiger partial charge is 0.360 e. The fourth-order valence-corrected chi connectivity index (χ4v) is 2.93. The first kappa shape index (κ1) is 10.5. The van der Waals surface area contributed by atoms with Gasteiger partial charge in [0.05, 0.1) is 0 Å². The van der Waals surface area contributed by atoms with E-state index in [1.165, 1.54) is 26.3 Å². The number of aromatic amines is 1. The molecule has 0 bridgehead atoms. The van der Waals surface area contributed by atoms with Gasteiger partial charge in [-0.25, -0.2) is 0 Å². The first-order valence-corrected chi connectivity index (χ1v) is 6.46. The molecule has 84 valence electrons. The average Bonchev–Trinajstić information content (AvgIpc) is 2.76. The molecular formula is C15H13NS. The van der Waals surface area contributed by atoms with Crippen LogP contribution < -0.4 is 0 Å². The number of aromatic nitrogens is 1. The Kier molecular flexibility index (Phi) is 2.65. The number of hydrogen-bond donors (Lipinski definition) is 1. The van der Waals surface area contributed by atoms with Crippen LogP contribution in [0.5, 0.6) is 0 Å². The number of aryl methyl sites for hydroxylation is 1. The second-order valence-electron chi connectivity index (χ2n) is 4.07. The molecule has 0 radical (unpaired) electrons. The molecule has 17 heavy (non-hydrogen) atoms. The quantitative estimate of drug-likeness (QED) is 0.689. The highest BCUT2D eigenvalue weighted by atomic mass is 32.2. The number of rotatable bonds is 2. The topological polar surface area (TPSA) is 15.8 Å². The second-order valence-corrected chi connectivity index (χ2v) is 5.18. The van der Waals surface area contributed by atoms with Crippen LogP contribution in [0.1, 0.15) is 5.56 Å². The summed E-state index contributed by atoms with van der Waals surface area (Å²) in [5.41, 5.74) is 2.54. The molecule has 0 aliphatic rings. The summed E-state index contributed by atoms with van der Waals surface area (Å²) >= 11 is 1.80. The summed E-state index contributed by atoms with van der Waals surface area (Å²) in [5.74, 6) is 0. The molecule has 0 atom stereocenters. The number of hydrogen-bond acceptors (Lipinski definition) is 1. The van der Waals surface area contributed by atoms with Gasteiger partial charge in [0.2, 0.25) is 0 Å². The summed E-state index contributed by atoms with van der Waals surface area (Å²) in [4.78, 5) is 5.92. The van der Waals surface area contributed by atoms with Crippen LogP contribution in [0.4, 0.5) is 0 Å². The molecule has 0 fully saturated rings. The van der Waals surface area contributed by atoms with Crippen molar-refractivity contribution < 1.29 is 0 Å². The molecule has 0 saturated heterocycles. The Morgan fingerprint density at radius 1 is 0.941 bits per heavy atom. The molecule has 3 aromatic rings. The van der Waals surface area contributed by atoms with Crippen LogP contribution in [-0.4, -0.2) is 4.98 Å². The molecule has 2 heteroatoms. The monoisotopic (exact) mass is 239 g/mol. The molecule has 0 amide bonds. The van der Waals surface area contributed by atoms with E-state index in [0.717, 1.165) is 0 Å². The van der Waals surface area contributed by atoms with Crippen molar-refractivity contribution in [2.24, 2.45) is 0 Å². The number of nitrogens with one attached hydrogen (secondary N) is 1. The minimum absolute atomic E-state index is 1.24. The molecule has 0 aliphatic carbocycles. The lowest BCUT2D eigenvalue weighted by Gasteiger charge is -2.00. The van der Waals surface area contributed by atoms with Crippen molar-refractivity contribution in [2.75, 3.05) is 0 Å². The Morgan fingerprint density at radius 2 is 1.76 bits per heavy atom. The molecule has 1 heterocycles. The van der Waals surface area contributed by atoms with Crippen molar-refractivity contribution in [3.63, 3.8) is 0 Å². The third-order valence-corrected chi connectivity index (χ3v) is 3.92. The Hall–Kier alpha value is -1.67. The Balaban J connectivity index is 2.05. The average molecular weight is 239 g/mol. The predicted octanol–water partition coefficient (Wildman–Crippen LogP) is 4.63. The predicted molar refractivity (Wildman–Crippen MR) is 73.6 cm³/mol. The Bertz CT molecular complexity index is 640. The second kappa shape index (κ2) is 4.30. The normalized spacial score (nSPS) is 10.9. The highest BCUT2D eigenvalue weighted by Crippen LogP contribution is 2.34. The summed E-state index contributed by atoms with van der Waals surface area (Å²) in [6, 6.07) is 16.9. The molecule has 0 spiro atoms. The van der Waals surface area contributed by atoms with Crippen LogP contribution in [0, 0.1) is 6.92 Å². The molecule has 0 aliphatic heterocycles. The van der Waals surface area contributed by atoms with Crippen LogP contribution in [0.25, 0.3) is 10.9 Å². The lowest BCUT2D eigenvalue weighted by molar-refractivity contribution is 1.38. The van der Waals surface area contributed by atoms with Gasteiger partial charge in [0.25, 0.3) is 0 Å². The minimum atomic E-state index is 1.24. The van der Waals surface area contributed by atoms with Crippen molar-refractivity contribution in [1.29, 1.82) is 0 Å². The summed E-state index contributed by atoms with van der Waals surface area (Å²) in [7, 11) is 0. The highest BCUT2D eigenvalue weighted by Gasteiger charge is 2.06. The first-order chi connectivity index (χ1) is 8.34. The molecule has 3 rings (SSSR count). The number of fused-ring (bicyclic) bond motifs is 1. The summed E-state index contributed by atoms with van der Waals surface area (Å²) < 4.78 is 0. The standard InChI is InChI=1S/C15H13NS/c1-11-6-5-9-13-14(10-16-15(11)13)17-12-7-3-2-4-8-12/h2-10,16H,1H3. The third-order valence-electron chi connectivity index (χ3n) is 2.86. The van der Waals surface area contributed by atoms with Gasteiger partial charge in [-0.05, 0) is 24.6 Å². The van der Waals surface area contributed by atoms with E-state index in [4.69, 9.17) is 0 Å². The van der Waals surface area contributed by atoms with E-state index in [1.807, 2.05) is 6.07 Å². The number of para-hydroxylation sites is 1. The van der Waals surface area contributed by atoms with E-state index in [-0.39, 0.29) is 0 Å². The van der Waals surface area contributed by atoms with Crippen LogP contribution >= 0.6 is 11.8 Å². The Morgan fingerprint density at radius 3 is 2.59 bits per heavy atom. The van der Waals surface area contributed by atoms with Gasteiger partial charge in [-0.1, -0.05) is 48.2 Å². The third kappa shape index (κ3) is 1.96. The van der Waals surface area contributed by atoms with Crippen molar-refractivity contribution in [3.8, 4) is 0 Å². The van der Waals surface area contributed by atoms with E-state index in [9.17, 15) is 0 Å². The SMILES string of the molecule is Cc1cccc2c(Sc3ccccc3)c[nH]c12. The van der Waals surface area contributed by atoms with E-state index < -0.39 is 0 Å². The van der Waals surface area contributed by atoms with E-state index in [2.05, 4.69) is 60.6 Å². The maximum Gasteiger partial charge on any atom is 0.0495 e. The molecule has 1 aromatic heterocycles. The highest BCUT2D eigenvalue weighted by molar-refractivity contribution is 7.99. The van der Waals surface area contributed by atoms with Crippen LogP contribution in [0.2, 0.25) is 0 Å². The maximum absolute atomic E-state index is 3.36. The molecule has 0 saturated carbocycles. The summed E-state index contributed by atoms with van der Waals surface area (Å²) in [6.07, 6.45) is 2.09. The van der Waals surface area contributed by atoms with Crippen molar-refractivity contribution in [1.82, 2.24) is 4.98 Å². The zero-order chi connectivity index (χ0) is 11.7. The fraction of sp³-hybridized carbons (Fsp3) is 0.0667. The van der Waals surface area contributed by atoms with Crippen molar-refractivity contribution in [3.05, 3.63) is 60.3 Å². The van der Waals surface area contributed by atoms with Gasteiger partial charge >= 0.3 is 0 Å². The number of H-pyrrole nitrogens is 1. The van der Waals surface area contributed by atoms with E-state index >= 15 is 0 Å². The van der Waals surface area contributed by atoms with Crippen molar-refractivity contribution >= 4 is 22.7 Å². The fourth-order valence-electron chi connectivity index (χ4n) is 1.98. The smallest absolute Gasteiger partial charge is 0.0495 e. The zero-order valence-electron chi connectivity index (χ0n) is 9.60. The van der Waals surface area contributed by atoms with Gasteiger partial charge in [-0.3, -0.25) is 0 Å². The molecular weight excluding hydrogens is 226 g/mol. The van der Waals surface area contributed by atoms with Crippen LogP contribution in [0.15, 0.2) is 64.5 Å². The lowest BCUT2D eigenvalue weighted by atomic mass is 10.2. The Labute approximate surface area is 105 Å². The maximum atomic E-state index is 3.36.